The monoisotopic (exact) mass is 402 g/mol. The predicted octanol–water partition coefficient (Wildman–Crippen LogP) is 4.21. The van der Waals surface area contributed by atoms with Crippen LogP contribution in [0.2, 0.25) is 0 Å². The maximum atomic E-state index is 4.74. The summed E-state index contributed by atoms with van der Waals surface area (Å²) in [6, 6.07) is 12.0. The molecule has 0 radical (unpaired) electrons. The van der Waals surface area contributed by atoms with E-state index in [0.29, 0.717) is 0 Å². The fourth-order valence-electron chi connectivity index (χ4n) is 3.13. The van der Waals surface area contributed by atoms with Crippen molar-refractivity contribution in [2.45, 2.75) is 40.5 Å². The van der Waals surface area contributed by atoms with E-state index in [1.807, 2.05) is 64.1 Å². The third-order valence-electron chi connectivity index (χ3n) is 5.01. The molecule has 3 rings (SSSR count). The van der Waals surface area contributed by atoms with E-state index in [1.54, 1.807) is 0 Å². The van der Waals surface area contributed by atoms with Gasteiger partial charge in [-0.05, 0) is 64.8 Å². The van der Waals surface area contributed by atoms with Gasteiger partial charge in [0.25, 0.3) is 0 Å². The molecule has 4 bridgehead atoms. The van der Waals surface area contributed by atoms with Crippen molar-refractivity contribution in [2.24, 2.45) is 20.0 Å². The molecule has 1 aliphatic heterocycles. The highest BCUT2D eigenvalue weighted by atomic mass is 14.9. The molecule has 1 aliphatic rings. The number of nitrogens with zero attached hydrogens (tertiary/aromatic N) is 6. The molecule has 0 saturated carbocycles. The lowest BCUT2D eigenvalue weighted by molar-refractivity contribution is 0.842. The van der Waals surface area contributed by atoms with Gasteiger partial charge in [0.2, 0.25) is 0 Å². The van der Waals surface area contributed by atoms with Crippen molar-refractivity contribution in [3.63, 3.8) is 0 Å². The molecule has 2 aromatic heterocycles. The van der Waals surface area contributed by atoms with Crippen molar-refractivity contribution >= 4 is 22.8 Å². The number of fused-ring (bicyclic) bond motifs is 4. The second-order valence-electron chi connectivity index (χ2n) is 7.39. The molecule has 6 heteroatoms. The zero-order valence-electron chi connectivity index (χ0n) is 18.4. The number of hydrogen-bond donors (Lipinski definition) is 0. The highest BCUT2D eigenvalue weighted by Crippen LogP contribution is 2.06. The largest absolute Gasteiger partial charge is 0.288 e. The molecule has 0 unspecified atom stereocenters. The van der Waals surface area contributed by atoms with Crippen molar-refractivity contribution in [2.75, 3.05) is 26.2 Å². The van der Waals surface area contributed by atoms with E-state index in [2.05, 4.69) is 20.0 Å². The lowest BCUT2D eigenvalue weighted by Gasteiger charge is -2.06. The minimum atomic E-state index is 0.723. The number of aromatic nitrogens is 2. The van der Waals surface area contributed by atoms with Crippen LogP contribution in [0.3, 0.4) is 0 Å². The second-order valence-corrected chi connectivity index (χ2v) is 7.39. The second kappa shape index (κ2) is 10.7. The van der Waals surface area contributed by atoms with E-state index in [4.69, 9.17) is 9.97 Å². The first-order valence-electron chi connectivity index (χ1n) is 10.5. The summed E-state index contributed by atoms with van der Waals surface area (Å²) in [5.41, 5.74) is 7.38. The Morgan fingerprint density at radius 3 is 1.00 bits per heavy atom. The van der Waals surface area contributed by atoms with Crippen LogP contribution in [0.1, 0.15) is 63.3 Å². The van der Waals surface area contributed by atoms with Gasteiger partial charge in [0, 0.05) is 26.2 Å². The Kier molecular flexibility index (Phi) is 7.71. The van der Waals surface area contributed by atoms with Crippen LogP contribution < -0.4 is 0 Å². The Hall–Kier alpha value is -3.02. The summed E-state index contributed by atoms with van der Waals surface area (Å²) in [6.07, 6.45) is 1.77. The van der Waals surface area contributed by atoms with Gasteiger partial charge in [0.1, 0.15) is 0 Å². The summed E-state index contributed by atoms with van der Waals surface area (Å²) in [6.45, 7) is 10.9. The van der Waals surface area contributed by atoms with Crippen LogP contribution in [0, 0.1) is 0 Å². The molecule has 2 aromatic rings. The highest BCUT2D eigenvalue weighted by molar-refractivity contribution is 6.01. The third kappa shape index (κ3) is 5.99. The summed E-state index contributed by atoms with van der Waals surface area (Å²) in [7, 11) is 0. The fourth-order valence-corrected chi connectivity index (χ4v) is 3.13. The van der Waals surface area contributed by atoms with Crippen molar-refractivity contribution in [3.05, 3.63) is 59.2 Å². The molecule has 3 heterocycles. The van der Waals surface area contributed by atoms with Gasteiger partial charge in [-0.25, -0.2) is 9.97 Å². The Morgan fingerprint density at radius 2 is 0.733 bits per heavy atom. The van der Waals surface area contributed by atoms with Crippen LogP contribution in [0.4, 0.5) is 0 Å². The Morgan fingerprint density at radius 1 is 0.467 bits per heavy atom. The molecule has 0 spiro atoms. The van der Waals surface area contributed by atoms with Crippen molar-refractivity contribution in [1.82, 2.24) is 9.97 Å². The first kappa shape index (κ1) is 21.7. The third-order valence-corrected chi connectivity index (χ3v) is 5.01. The average molecular weight is 403 g/mol. The number of aliphatic imine (C=N–C) groups is 4. The Balaban J connectivity index is 1.86. The fraction of sp³-hybridized carbons (Fsp3) is 0.417. The summed E-state index contributed by atoms with van der Waals surface area (Å²) < 4.78 is 0. The lowest BCUT2D eigenvalue weighted by Crippen LogP contribution is -2.08. The van der Waals surface area contributed by atoms with Crippen LogP contribution >= 0.6 is 0 Å². The van der Waals surface area contributed by atoms with E-state index in [1.165, 1.54) is 0 Å². The first-order valence-corrected chi connectivity index (χ1v) is 10.5. The van der Waals surface area contributed by atoms with Crippen LogP contribution in [-0.4, -0.2) is 59.0 Å². The maximum absolute atomic E-state index is 4.74. The van der Waals surface area contributed by atoms with Gasteiger partial charge in [0.05, 0.1) is 45.6 Å². The van der Waals surface area contributed by atoms with E-state index < -0.39 is 0 Å². The normalized spacial score (nSPS) is 16.7. The van der Waals surface area contributed by atoms with E-state index in [9.17, 15) is 0 Å². The molecule has 0 atom stereocenters. The highest BCUT2D eigenvalue weighted by Gasteiger charge is 2.06. The van der Waals surface area contributed by atoms with Crippen LogP contribution in [0.15, 0.2) is 56.4 Å². The van der Waals surface area contributed by atoms with E-state index in [0.717, 1.165) is 84.6 Å². The number of hydrogen-bond acceptors (Lipinski definition) is 6. The molecule has 156 valence electrons. The van der Waals surface area contributed by atoms with Crippen LogP contribution in [0.25, 0.3) is 0 Å². The van der Waals surface area contributed by atoms with Crippen molar-refractivity contribution < 1.29 is 0 Å². The van der Waals surface area contributed by atoms with Crippen molar-refractivity contribution in [3.8, 4) is 0 Å². The topological polar surface area (TPSA) is 75.2 Å². The summed E-state index contributed by atoms with van der Waals surface area (Å²) in [4.78, 5) is 28.2. The van der Waals surface area contributed by atoms with Gasteiger partial charge in [0.15, 0.2) is 0 Å². The molecule has 0 aromatic carbocycles. The lowest BCUT2D eigenvalue weighted by atomic mass is 10.2. The average Bonchev–Trinajstić information content (AvgIpc) is 2.77. The Bertz CT molecular complexity index is 848. The summed E-state index contributed by atoms with van der Waals surface area (Å²) >= 11 is 0. The van der Waals surface area contributed by atoms with E-state index in [-0.39, 0.29) is 0 Å². The SMILES string of the molecule is CC1=NCCCN=C(C)c2cccc(n2)C(C)=NCCCN=C(C)c2cccc1n2. The zero-order chi connectivity index (χ0) is 21.3. The van der Waals surface area contributed by atoms with Crippen molar-refractivity contribution in [1.29, 1.82) is 0 Å². The van der Waals surface area contributed by atoms with Gasteiger partial charge in [-0.3, -0.25) is 20.0 Å². The minimum absolute atomic E-state index is 0.723. The van der Waals surface area contributed by atoms with Crippen LogP contribution in [0.5, 0.6) is 0 Å². The Labute approximate surface area is 179 Å². The number of rotatable bonds is 0. The van der Waals surface area contributed by atoms with Gasteiger partial charge in [-0.2, -0.15) is 0 Å². The molecular weight excluding hydrogens is 372 g/mol. The molecule has 0 fully saturated rings. The smallest absolute Gasteiger partial charge is 0.0845 e. The summed E-state index contributed by atoms with van der Waals surface area (Å²) in [5.74, 6) is 0. The van der Waals surface area contributed by atoms with E-state index >= 15 is 0 Å². The minimum Gasteiger partial charge on any atom is -0.288 e. The van der Waals surface area contributed by atoms with Gasteiger partial charge in [-0.15, -0.1) is 0 Å². The molecule has 0 N–H and O–H groups in total. The molecule has 6 nitrogen and oxygen atoms in total. The van der Waals surface area contributed by atoms with Gasteiger partial charge >= 0.3 is 0 Å². The maximum Gasteiger partial charge on any atom is 0.0845 e. The van der Waals surface area contributed by atoms with Gasteiger partial charge in [-0.1, -0.05) is 12.1 Å². The van der Waals surface area contributed by atoms with Crippen LogP contribution in [-0.2, 0) is 0 Å². The zero-order valence-corrected chi connectivity index (χ0v) is 18.4. The molecule has 0 saturated heterocycles. The molecular formula is C24H30N6. The number of pyridine rings is 2. The summed E-state index contributed by atoms with van der Waals surface area (Å²) in [5, 5.41) is 0. The molecule has 30 heavy (non-hydrogen) atoms. The molecule has 0 amide bonds. The standard InChI is InChI=1S/C24H30N6/c1-17-21-9-5-10-22(29-21)18(2)27-15-8-16-28-20(4)24-12-6-11-23(30-24)19(3)26-14-7-13-25-17/h5-6,9-12H,7-8,13-16H2,1-4H3. The first-order chi connectivity index (χ1) is 14.5. The quantitative estimate of drug-likeness (QED) is 0.662. The predicted molar refractivity (Wildman–Crippen MR) is 126 cm³/mol. The molecule has 0 aliphatic carbocycles. The van der Waals surface area contributed by atoms with Gasteiger partial charge < -0.3 is 0 Å².